The third-order valence-corrected chi connectivity index (χ3v) is 7.30. The molecule has 2 aromatic rings. The molecule has 11 nitrogen and oxygen atoms in total. The van der Waals surface area contributed by atoms with Gasteiger partial charge in [-0.15, -0.1) is 0 Å². The normalized spacial score (nSPS) is 15.6. The van der Waals surface area contributed by atoms with Crippen LogP contribution in [0.2, 0.25) is 0 Å². The molecule has 0 fully saturated rings. The molecule has 0 saturated heterocycles. The molecule has 5 N–H and O–H groups in total. The molecule has 2 heterocycles. The van der Waals surface area contributed by atoms with Gasteiger partial charge in [-0.05, 0) is 63.9 Å². The first-order valence-corrected chi connectivity index (χ1v) is 14.7. The van der Waals surface area contributed by atoms with Gasteiger partial charge in [0.05, 0.1) is 24.8 Å². The summed E-state index contributed by atoms with van der Waals surface area (Å²) in [5.41, 5.74) is 7.38. The highest BCUT2D eigenvalue weighted by atomic mass is 16.6. The summed E-state index contributed by atoms with van der Waals surface area (Å²) in [4.78, 5) is 26.7. The van der Waals surface area contributed by atoms with Crippen LogP contribution in [0.4, 0.5) is 5.69 Å². The molecule has 0 radical (unpaired) electrons. The van der Waals surface area contributed by atoms with Gasteiger partial charge in [0.15, 0.2) is 6.10 Å². The number of carbonyl (C=O) groups is 2. The summed E-state index contributed by atoms with van der Waals surface area (Å²) in [6.45, 7) is 11.4. The molecule has 0 amide bonds. The Morgan fingerprint density at radius 3 is 2.44 bits per heavy atom. The second-order valence-corrected chi connectivity index (χ2v) is 10.4. The molecule has 1 aliphatic carbocycles. The number of aliphatic hydroxyl groups is 3. The highest BCUT2D eigenvalue weighted by Crippen LogP contribution is 2.42. The summed E-state index contributed by atoms with van der Waals surface area (Å²) in [6.07, 6.45) is -2.88. The summed E-state index contributed by atoms with van der Waals surface area (Å²) in [6, 6.07) is 16.0. The third kappa shape index (κ3) is 6.79. The molecular formula is C34H38N2O9. The second-order valence-electron chi connectivity index (χ2n) is 10.4. The standard InChI is InChI=1S/C28H30N2O3.C6H8O6/c1-6-29-23-15-25-21(13-17(23)4)27(19-11-9-10-12-20(19)28(31)32-8-3)22-14-18(5)24(30-7-2)16-26(22)33-25;7-1-2(8)5-3(9)4(10)6(11)12-5/h9-16,29H,6-8H2,1-5H3;2,5,7-10H,1H2/t;2-,5+/m.0/s1. The fourth-order valence-electron chi connectivity index (χ4n) is 5.15. The Kier molecular flexibility index (Phi) is 10.5. The Labute approximate surface area is 260 Å². The van der Waals surface area contributed by atoms with E-state index < -0.39 is 36.3 Å². The molecule has 0 bridgehead atoms. The van der Waals surface area contributed by atoms with Gasteiger partial charge in [-0.2, -0.15) is 0 Å². The molecule has 2 aromatic carbocycles. The maximum Gasteiger partial charge on any atom is 0.338 e. The SMILES string of the molecule is CCNc1cc2oc3cc(=[NH+]CC)c(C)cc-3c(-c3ccccc3C(=O)OCC)c2cc1C.O=C1O[C@H]([C@@H](O)CO)C(O)=C1[O-]. The van der Waals surface area contributed by atoms with Gasteiger partial charge in [-0.3, -0.25) is 0 Å². The zero-order valence-corrected chi connectivity index (χ0v) is 25.9. The van der Waals surface area contributed by atoms with Crippen molar-refractivity contribution in [1.82, 2.24) is 0 Å². The number of carbonyl (C=O) groups excluding carboxylic acids is 2. The highest BCUT2D eigenvalue weighted by Gasteiger charge is 2.34. The van der Waals surface area contributed by atoms with Crippen LogP contribution in [-0.4, -0.2) is 65.8 Å². The number of aliphatic hydroxyl groups excluding tert-OH is 3. The summed E-state index contributed by atoms with van der Waals surface area (Å²) >= 11 is 0. The van der Waals surface area contributed by atoms with Gasteiger partial charge in [0.1, 0.15) is 29.8 Å². The number of aryl methyl sites for hydroxylation is 2. The van der Waals surface area contributed by atoms with Gasteiger partial charge in [-0.25, -0.2) is 14.6 Å². The van der Waals surface area contributed by atoms with Crippen LogP contribution < -0.4 is 20.8 Å². The van der Waals surface area contributed by atoms with E-state index in [0.29, 0.717) is 12.2 Å². The molecule has 5 rings (SSSR count). The zero-order valence-electron chi connectivity index (χ0n) is 25.9. The molecule has 0 saturated carbocycles. The minimum Gasteiger partial charge on any atom is -0.865 e. The first kappa shape index (κ1) is 33.0. The van der Waals surface area contributed by atoms with E-state index in [0.717, 1.165) is 68.7 Å². The number of nitrogens with one attached hydrogen (secondary N) is 2. The first-order valence-electron chi connectivity index (χ1n) is 14.7. The minimum absolute atomic E-state index is 0.322. The molecule has 45 heavy (non-hydrogen) atoms. The van der Waals surface area contributed by atoms with E-state index in [2.05, 4.69) is 67.0 Å². The lowest BCUT2D eigenvalue weighted by molar-refractivity contribution is -0.496. The smallest absolute Gasteiger partial charge is 0.338 e. The predicted molar refractivity (Wildman–Crippen MR) is 165 cm³/mol. The van der Waals surface area contributed by atoms with Crippen LogP contribution >= 0.6 is 0 Å². The van der Waals surface area contributed by atoms with Crippen molar-refractivity contribution in [1.29, 1.82) is 0 Å². The van der Waals surface area contributed by atoms with Crippen LogP contribution in [0.25, 0.3) is 33.4 Å². The van der Waals surface area contributed by atoms with Crippen molar-refractivity contribution in [2.45, 2.75) is 46.8 Å². The van der Waals surface area contributed by atoms with Crippen molar-refractivity contribution >= 4 is 28.6 Å². The number of fused-ring (bicyclic) bond motifs is 2. The largest absolute Gasteiger partial charge is 0.865 e. The third-order valence-electron chi connectivity index (χ3n) is 7.30. The Morgan fingerprint density at radius 1 is 1.09 bits per heavy atom. The molecular weight excluding hydrogens is 580 g/mol. The van der Waals surface area contributed by atoms with Crippen LogP contribution in [0.15, 0.2) is 64.5 Å². The number of rotatable bonds is 8. The summed E-state index contributed by atoms with van der Waals surface area (Å²) in [7, 11) is 0. The fraction of sp³-hybridized carbons (Fsp3) is 0.324. The van der Waals surface area contributed by atoms with Crippen molar-refractivity contribution in [3.63, 3.8) is 0 Å². The lowest BCUT2D eigenvalue weighted by Gasteiger charge is -2.19. The van der Waals surface area contributed by atoms with Gasteiger partial charge >= 0.3 is 11.9 Å². The fourth-order valence-corrected chi connectivity index (χ4v) is 5.15. The topological polar surface area (TPSA) is 175 Å². The van der Waals surface area contributed by atoms with Crippen molar-refractivity contribution in [2.24, 2.45) is 0 Å². The van der Waals surface area contributed by atoms with E-state index in [1.807, 2.05) is 31.2 Å². The van der Waals surface area contributed by atoms with Gasteiger partial charge in [0.2, 0.25) is 5.36 Å². The summed E-state index contributed by atoms with van der Waals surface area (Å²) < 4.78 is 16.1. The quantitative estimate of drug-likeness (QED) is 0.145. The number of anilines is 1. The minimum atomic E-state index is -1.46. The van der Waals surface area contributed by atoms with Gasteiger partial charge in [0, 0.05) is 46.1 Å². The van der Waals surface area contributed by atoms with Crippen molar-refractivity contribution in [2.75, 3.05) is 31.6 Å². The van der Waals surface area contributed by atoms with Crippen molar-refractivity contribution in [3.05, 3.63) is 82.1 Å². The van der Waals surface area contributed by atoms with Crippen LogP contribution in [0, 0.1) is 13.8 Å². The second kappa shape index (κ2) is 14.3. The van der Waals surface area contributed by atoms with Gasteiger partial charge in [-0.1, -0.05) is 18.2 Å². The first-order chi connectivity index (χ1) is 21.6. The Morgan fingerprint density at radius 2 is 1.82 bits per heavy atom. The molecule has 3 aliphatic rings. The molecule has 2 atom stereocenters. The highest BCUT2D eigenvalue weighted by molar-refractivity contribution is 6.08. The number of benzene rings is 3. The maximum atomic E-state index is 12.9. The van der Waals surface area contributed by atoms with Crippen LogP contribution in [0.5, 0.6) is 0 Å². The molecule has 0 spiro atoms. The predicted octanol–water partition coefficient (Wildman–Crippen LogP) is 1.83. The molecule has 0 aromatic heterocycles. The van der Waals surface area contributed by atoms with E-state index in [1.54, 1.807) is 0 Å². The average molecular weight is 619 g/mol. The lowest BCUT2D eigenvalue weighted by atomic mass is 9.89. The van der Waals surface area contributed by atoms with E-state index >= 15 is 0 Å². The molecule has 11 heteroatoms. The zero-order chi connectivity index (χ0) is 32.8. The summed E-state index contributed by atoms with van der Waals surface area (Å²) in [5.74, 6) is -2.81. The number of ether oxygens (including phenoxy) is 2. The Balaban J connectivity index is 0.000000323. The van der Waals surface area contributed by atoms with Crippen molar-refractivity contribution in [3.8, 4) is 22.5 Å². The van der Waals surface area contributed by atoms with Crippen LogP contribution in [0.1, 0.15) is 42.3 Å². The van der Waals surface area contributed by atoms with E-state index in [9.17, 15) is 14.7 Å². The van der Waals surface area contributed by atoms with Gasteiger partial charge < -0.3 is 39.6 Å². The number of esters is 2. The summed E-state index contributed by atoms with van der Waals surface area (Å²) in [5, 5.41) is 42.2. The van der Waals surface area contributed by atoms with Gasteiger partial charge in [0.25, 0.3) is 0 Å². The Hall–Kier alpha value is -4.87. The lowest BCUT2D eigenvalue weighted by Crippen LogP contribution is -2.76. The molecule has 2 aliphatic heterocycles. The number of cyclic esters (lactones) is 1. The van der Waals surface area contributed by atoms with E-state index in [1.165, 1.54) is 0 Å². The molecule has 238 valence electrons. The monoisotopic (exact) mass is 618 g/mol. The van der Waals surface area contributed by atoms with E-state index in [-0.39, 0.29) is 5.97 Å². The van der Waals surface area contributed by atoms with Crippen LogP contribution in [0.3, 0.4) is 0 Å². The van der Waals surface area contributed by atoms with E-state index in [4.69, 9.17) is 24.5 Å². The molecule has 0 unspecified atom stereocenters. The average Bonchev–Trinajstić information content (AvgIpc) is 3.28. The van der Waals surface area contributed by atoms with Crippen molar-refractivity contribution < 1.29 is 48.9 Å². The maximum absolute atomic E-state index is 12.9. The Bertz CT molecular complexity index is 1790. The number of hydrogen-bond acceptors (Lipinski definition) is 10. The van der Waals surface area contributed by atoms with Crippen LogP contribution in [-0.2, 0) is 14.3 Å². The number of hydrogen-bond donors (Lipinski definition) is 5.